The summed E-state index contributed by atoms with van der Waals surface area (Å²) in [6, 6.07) is -0.00127. The minimum absolute atomic E-state index is 0.00127. The quantitative estimate of drug-likeness (QED) is 0.840. The van der Waals surface area contributed by atoms with Crippen LogP contribution in [0.15, 0.2) is 0 Å². The van der Waals surface area contributed by atoms with Crippen molar-refractivity contribution in [3.63, 3.8) is 0 Å². The van der Waals surface area contributed by atoms with Crippen LogP contribution in [0.4, 0.5) is 11.5 Å². The predicted molar refractivity (Wildman–Crippen MR) is 72.2 cm³/mol. The highest BCUT2D eigenvalue weighted by Crippen LogP contribution is 2.39. The zero-order chi connectivity index (χ0) is 13.6. The van der Waals surface area contributed by atoms with Crippen molar-refractivity contribution >= 4 is 17.4 Å². The smallest absolute Gasteiger partial charge is 0.234 e. The van der Waals surface area contributed by atoms with Gasteiger partial charge in [0.1, 0.15) is 11.5 Å². The van der Waals surface area contributed by atoms with E-state index in [1.165, 1.54) is 0 Å². The normalized spacial score (nSPS) is 29.2. The minimum atomic E-state index is -0.511. The molecular weight excluding hydrogens is 244 g/mol. The summed E-state index contributed by atoms with van der Waals surface area (Å²) in [6.07, 6.45) is 1.87. The molecule has 6 heteroatoms. The molecule has 6 nitrogen and oxygen atoms in total. The fourth-order valence-corrected chi connectivity index (χ4v) is 2.81. The fourth-order valence-electron chi connectivity index (χ4n) is 2.81. The Hall–Kier alpha value is -1.56. The molecule has 2 atom stereocenters. The number of hydrogen-bond donors (Lipinski definition) is 2. The molecule has 3 rings (SSSR count). The van der Waals surface area contributed by atoms with Gasteiger partial charge in [0, 0.05) is 7.05 Å². The van der Waals surface area contributed by atoms with Crippen molar-refractivity contribution in [2.45, 2.75) is 32.7 Å². The van der Waals surface area contributed by atoms with E-state index in [2.05, 4.69) is 22.7 Å². The third-order valence-electron chi connectivity index (χ3n) is 4.13. The number of carbonyl (C=O) groups excluding carboxylic acids is 1. The Morgan fingerprint density at radius 1 is 1.58 bits per heavy atom. The van der Waals surface area contributed by atoms with E-state index >= 15 is 0 Å². The predicted octanol–water partition coefficient (Wildman–Crippen LogP) is 1.14. The van der Waals surface area contributed by atoms with Crippen molar-refractivity contribution in [3.8, 4) is 0 Å². The molecule has 2 N–H and O–H groups in total. The molecule has 2 aliphatic heterocycles. The second-order valence-electron chi connectivity index (χ2n) is 5.63. The number of nitrogens with zero attached hydrogens (tertiary/aromatic N) is 2. The summed E-state index contributed by atoms with van der Waals surface area (Å²) in [5, 5.41) is 11.0. The summed E-state index contributed by atoms with van der Waals surface area (Å²) in [4.78, 5) is 12.5. The zero-order valence-electron chi connectivity index (χ0n) is 11.6. The standard InChI is InChI=1S/C13H20N4O2/c1-4-5-8-10-11(17(3)16-8)14-9-6-19-7-13(9,2)12(18)15-10/h9,14H,4-7H2,1-3H3,(H,15,18). The van der Waals surface area contributed by atoms with Gasteiger partial charge in [-0.3, -0.25) is 9.48 Å². The van der Waals surface area contributed by atoms with Crippen molar-refractivity contribution in [2.24, 2.45) is 12.5 Å². The molecule has 1 aromatic rings. The summed E-state index contributed by atoms with van der Waals surface area (Å²) in [7, 11) is 1.90. The number of amides is 1. The second kappa shape index (κ2) is 4.23. The van der Waals surface area contributed by atoms with Crippen molar-refractivity contribution in [1.29, 1.82) is 0 Å². The number of anilines is 2. The molecule has 1 amide bonds. The number of aryl methyl sites for hydroxylation is 2. The topological polar surface area (TPSA) is 68.2 Å². The van der Waals surface area contributed by atoms with E-state index in [0.29, 0.717) is 13.2 Å². The molecule has 0 radical (unpaired) electrons. The first-order valence-electron chi connectivity index (χ1n) is 6.78. The molecule has 1 fully saturated rings. The third kappa shape index (κ3) is 1.74. The van der Waals surface area contributed by atoms with E-state index in [1.807, 2.05) is 18.7 Å². The molecule has 0 saturated carbocycles. The summed E-state index contributed by atoms with van der Waals surface area (Å²) in [6.45, 7) is 5.07. The molecule has 2 unspecified atom stereocenters. The molecule has 0 aliphatic carbocycles. The molecule has 3 heterocycles. The van der Waals surface area contributed by atoms with Crippen molar-refractivity contribution in [3.05, 3.63) is 5.69 Å². The average molecular weight is 264 g/mol. The van der Waals surface area contributed by atoms with Crippen LogP contribution in [0.3, 0.4) is 0 Å². The first kappa shape index (κ1) is 12.5. The van der Waals surface area contributed by atoms with Crippen LogP contribution in [0, 0.1) is 5.41 Å². The maximum Gasteiger partial charge on any atom is 0.234 e. The minimum Gasteiger partial charge on any atom is -0.378 e. The number of rotatable bonds is 2. The first-order chi connectivity index (χ1) is 9.06. The van der Waals surface area contributed by atoms with Gasteiger partial charge in [-0.2, -0.15) is 5.10 Å². The van der Waals surface area contributed by atoms with Gasteiger partial charge in [-0.1, -0.05) is 13.3 Å². The van der Waals surface area contributed by atoms with Crippen LogP contribution in [-0.2, 0) is 23.0 Å². The van der Waals surface area contributed by atoms with Gasteiger partial charge in [-0.15, -0.1) is 0 Å². The van der Waals surface area contributed by atoms with Gasteiger partial charge in [0.2, 0.25) is 5.91 Å². The number of carbonyl (C=O) groups is 1. The molecule has 0 bridgehead atoms. The average Bonchev–Trinajstić information content (AvgIpc) is 2.84. The molecule has 1 aromatic heterocycles. The molecule has 2 aliphatic rings. The lowest BCUT2D eigenvalue weighted by atomic mass is 9.84. The number of aromatic nitrogens is 2. The van der Waals surface area contributed by atoms with Gasteiger partial charge in [0.25, 0.3) is 0 Å². The van der Waals surface area contributed by atoms with E-state index in [-0.39, 0.29) is 11.9 Å². The summed E-state index contributed by atoms with van der Waals surface area (Å²) in [5.41, 5.74) is 1.28. The Kier molecular flexibility index (Phi) is 2.78. The lowest BCUT2D eigenvalue weighted by Gasteiger charge is -2.25. The molecule has 0 aromatic carbocycles. The van der Waals surface area contributed by atoms with Gasteiger partial charge >= 0.3 is 0 Å². The van der Waals surface area contributed by atoms with Gasteiger partial charge in [0.15, 0.2) is 0 Å². The molecule has 104 valence electrons. The van der Waals surface area contributed by atoms with Crippen LogP contribution in [0.1, 0.15) is 26.0 Å². The molecular formula is C13H20N4O2. The first-order valence-corrected chi connectivity index (χ1v) is 6.78. The lowest BCUT2D eigenvalue weighted by molar-refractivity contribution is -0.124. The Labute approximate surface area is 112 Å². The van der Waals surface area contributed by atoms with E-state index in [1.54, 1.807) is 0 Å². The summed E-state index contributed by atoms with van der Waals surface area (Å²) in [5.74, 6) is 0.905. The fraction of sp³-hybridized carbons (Fsp3) is 0.692. The number of nitrogens with one attached hydrogen (secondary N) is 2. The summed E-state index contributed by atoms with van der Waals surface area (Å²) < 4.78 is 7.29. The van der Waals surface area contributed by atoms with Crippen molar-refractivity contribution < 1.29 is 9.53 Å². The maximum atomic E-state index is 12.5. The van der Waals surface area contributed by atoms with E-state index in [4.69, 9.17) is 4.74 Å². The Bertz CT molecular complexity index is 525. The van der Waals surface area contributed by atoms with E-state index < -0.39 is 5.41 Å². The van der Waals surface area contributed by atoms with Crippen molar-refractivity contribution in [2.75, 3.05) is 23.8 Å². The highest BCUT2D eigenvalue weighted by atomic mass is 16.5. The van der Waals surface area contributed by atoms with Crippen LogP contribution < -0.4 is 10.6 Å². The van der Waals surface area contributed by atoms with E-state index in [0.717, 1.165) is 30.0 Å². The van der Waals surface area contributed by atoms with Crippen LogP contribution in [0.2, 0.25) is 0 Å². The SMILES string of the molecule is CCCc1nn(C)c2c1NC(=O)C1(C)COCC1N2. The third-order valence-corrected chi connectivity index (χ3v) is 4.13. The van der Waals surface area contributed by atoms with Crippen LogP contribution in [0.5, 0.6) is 0 Å². The van der Waals surface area contributed by atoms with E-state index in [9.17, 15) is 4.79 Å². The Balaban J connectivity index is 2.04. The second-order valence-corrected chi connectivity index (χ2v) is 5.63. The highest BCUT2D eigenvalue weighted by molar-refractivity contribution is 6.00. The van der Waals surface area contributed by atoms with Gasteiger partial charge in [-0.05, 0) is 13.3 Å². The molecule has 1 saturated heterocycles. The van der Waals surface area contributed by atoms with Gasteiger partial charge in [0.05, 0.1) is 30.4 Å². The number of ether oxygens (including phenoxy) is 1. The van der Waals surface area contributed by atoms with Crippen LogP contribution in [0.25, 0.3) is 0 Å². The Morgan fingerprint density at radius 2 is 2.37 bits per heavy atom. The van der Waals surface area contributed by atoms with Crippen LogP contribution >= 0.6 is 0 Å². The number of hydrogen-bond acceptors (Lipinski definition) is 4. The molecule has 0 spiro atoms. The Morgan fingerprint density at radius 3 is 3.11 bits per heavy atom. The largest absolute Gasteiger partial charge is 0.378 e. The summed E-state index contributed by atoms with van der Waals surface area (Å²) >= 11 is 0. The van der Waals surface area contributed by atoms with Crippen LogP contribution in [-0.4, -0.2) is 34.9 Å². The monoisotopic (exact) mass is 264 g/mol. The number of fused-ring (bicyclic) bond motifs is 2. The molecule has 19 heavy (non-hydrogen) atoms. The van der Waals surface area contributed by atoms with Gasteiger partial charge in [-0.25, -0.2) is 0 Å². The maximum absolute atomic E-state index is 12.5. The lowest BCUT2D eigenvalue weighted by Crippen LogP contribution is -2.44. The van der Waals surface area contributed by atoms with Crippen molar-refractivity contribution in [1.82, 2.24) is 9.78 Å². The zero-order valence-corrected chi connectivity index (χ0v) is 11.6. The van der Waals surface area contributed by atoms with Gasteiger partial charge < -0.3 is 15.4 Å². The highest BCUT2D eigenvalue weighted by Gasteiger charge is 2.49.